The van der Waals surface area contributed by atoms with Gasteiger partial charge in [-0.05, 0) is 49.8 Å². The average Bonchev–Trinajstić information content (AvgIpc) is 3.15. The van der Waals surface area contributed by atoms with Gasteiger partial charge in [0.05, 0.1) is 0 Å². The van der Waals surface area contributed by atoms with E-state index in [2.05, 4.69) is 22.4 Å². The molecule has 1 aromatic carbocycles. The van der Waals surface area contributed by atoms with Crippen molar-refractivity contribution >= 4 is 17.2 Å². The van der Waals surface area contributed by atoms with Crippen LogP contribution in [0.25, 0.3) is 0 Å². The standard InChI is InChI=1S/C17H19NOS/c1-13-4-6-14(7-5-13)17(19)18(15-8-9-15)11-10-16-3-2-12-20-16/h2-7,12,15H,8-11H2,1H3. The highest BCUT2D eigenvalue weighted by molar-refractivity contribution is 7.09. The number of nitrogens with zero attached hydrogens (tertiary/aromatic N) is 1. The van der Waals surface area contributed by atoms with Gasteiger partial charge in [-0.2, -0.15) is 0 Å². The van der Waals surface area contributed by atoms with Gasteiger partial charge in [0.1, 0.15) is 0 Å². The highest BCUT2D eigenvalue weighted by Crippen LogP contribution is 2.28. The lowest BCUT2D eigenvalue weighted by Gasteiger charge is -2.22. The van der Waals surface area contributed by atoms with Gasteiger partial charge in [0.25, 0.3) is 5.91 Å². The largest absolute Gasteiger partial charge is 0.335 e. The summed E-state index contributed by atoms with van der Waals surface area (Å²) in [5, 5.41) is 2.10. The second-order valence-electron chi connectivity index (χ2n) is 5.43. The molecule has 1 aromatic heterocycles. The fraction of sp³-hybridized carbons (Fsp3) is 0.353. The van der Waals surface area contributed by atoms with E-state index in [1.165, 1.54) is 10.4 Å². The molecule has 1 fully saturated rings. The Kier molecular flexibility index (Phi) is 3.88. The van der Waals surface area contributed by atoms with Gasteiger partial charge < -0.3 is 4.90 Å². The van der Waals surface area contributed by atoms with E-state index in [-0.39, 0.29) is 5.91 Å². The zero-order chi connectivity index (χ0) is 13.9. The lowest BCUT2D eigenvalue weighted by Crippen LogP contribution is -2.34. The second-order valence-corrected chi connectivity index (χ2v) is 6.46. The Labute approximate surface area is 124 Å². The smallest absolute Gasteiger partial charge is 0.254 e. The minimum absolute atomic E-state index is 0.184. The molecule has 0 aliphatic heterocycles. The van der Waals surface area contributed by atoms with Gasteiger partial charge in [-0.3, -0.25) is 4.79 Å². The summed E-state index contributed by atoms with van der Waals surface area (Å²) in [5.74, 6) is 0.184. The van der Waals surface area contributed by atoms with Crippen molar-refractivity contribution in [1.29, 1.82) is 0 Å². The van der Waals surface area contributed by atoms with E-state index >= 15 is 0 Å². The van der Waals surface area contributed by atoms with Crippen LogP contribution in [0.5, 0.6) is 0 Å². The van der Waals surface area contributed by atoms with E-state index < -0.39 is 0 Å². The Morgan fingerprint density at radius 2 is 2.00 bits per heavy atom. The molecule has 0 saturated heterocycles. The maximum Gasteiger partial charge on any atom is 0.254 e. The Morgan fingerprint density at radius 1 is 1.25 bits per heavy atom. The summed E-state index contributed by atoms with van der Waals surface area (Å²) < 4.78 is 0. The van der Waals surface area contributed by atoms with Crippen molar-refractivity contribution < 1.29 is 4.79 Å². The first-order valence-corrected chi connectivity index (χ1v) is 8.02. The van der Waals surface area contributed by atoms with Gasteiger partial charge in [0, 0.05) is 23.0 Å². The number of rotatable bonds is 5. The molecule has 0 bridgehead atoms. The Balaban J connectivity index is 1.69. The molecule has 104 valence electrons. The molecule has 2 nitrogen and oxygen atoms in total. The van der Waals surface area contributed by atoms with Crippen molar-refractivity contribution in [2.75, 3.05) is 6.54 Å². The normalized spacial score (nSPS) is 14.2. The number of hydrogen-bond donors (Lipinski definition) is 0. The van der Waals surface area contributed by atoms with E-state index in [0.29, 0.717) is 6.04 Å². The van der Waals surface area contributed by atoms with Gasteiger partial charge in [-0.25, -0.2) is 0 Å². The molecule has 1 amide bonds. The molecule has 1 aliphatic rings. The lowest BCUT2D eigenvalue weighted by molar-refractivity contribution is 0.0745. The molecule has 2 aromatic rings. The van der Waals surface area contributed by atoms with Gasteiger partial charge >= 0.3 is 0 Å². The quantitative estimate of drug-likeness (QED) is 0.816. The molecule has 0 N–H and O–H groups in total. The first-order valence-electron chi connectivity index (χ1n) is 7.14. The topological polar surface area (TPSA) is 20.3 Å². The third-order valence-corrected chi connectivity index (χ3v) is 4.66. The van der Waals surface area contributed by atoms with E-state index in [9.17, 15) is 4.79 Å². The highest BCUT2D eigenvalue weighted by atomic mass is 32.1. The molecule has 1 saturated carbocycles. The number of benzene rings is 1. The monoisotopic (exact) mass is 285 g/mol. The van der Waals surface area contributed by atoms with Crippen molar-refractivity contribution in [1.82, 2.24) is 4.90 Å². The minimum Gasteiger partial charge on any atom is -0.335 e. The second kappa shape index (κ2) is 5.80. The zero-order valence-electron chi connectivity index (χ0n) is 11.7. The molecular formula is C17H19NOS. The van der Waals surface area contributed by atoms with Crippen molar-refractivity contribution in [3.63, 3.8) is 0 Å². The number of carbonyl (C=O) groups is 1. The van der Waals surface area contributed by atoms with Crippen LogP contribution in [0, 0.1) is 6.92 Å². The van der Waals surface area contributed by atoms with E-state index in [0.717, 1.165) is 31.4 Å². The zero-order valence-corrected chi connectivity index (χ0v) is 12.5. The molecule has 1 heterocycles. The minimum atomic E-state index is 0.184. The first-order chi connectivity index (χ1) is 9.74. The number of carbonyl (C=O) groups excluding carboxylic acids is 1. The van der Waals surface area contributed by atoms with Crippen LogP contribution in [-0.4, -0.2) is 23.4 Å². The van der Waals surface area contributed by atoms with Crippen LogP contribution < -0.4 is 0 Å². The summed E-state index contributed by atoms with van der Waals surface area (Å²) in [6, 6.07) is 12.6. The first kappa shape index (κ1) is 13.4. The van der Waals surface area contributed by atoms with Gasteiger partial charge in [-0.15, -0.1) is 11.3 Å². The van der Waals surface area contributed by atoms with Crippen molar-refractivity contribution in [3.8, 4) is 0 Å². The molecule has 0 atom stereocenters. The SMILES string of the molecule is Cc1ccc(C(=O)N(CCc2cccs2)C2CC2)cc1. The van der Waals surface area contributed by atoms with Crippen LogP contribution in [0.4, 0.5) is 0 Å². The Hall–Kier alpha value is -1.61. The molecule has 20 heavy (non-hydrogen) atoms. The average molecular weight is 285 g/mol. The summed E-state index contributed by atoms with van der Waals surface area (Å²) in [4.78, 5) is 16.0. The predicted molar refractivity (Wildman–Crippen MR) is 83.3 cm³/mol. The number of amides is 1. The Bertz CT molecular complexity index is 570. The van der Waals surface area contributed by atoms with Gasteiger partial charge in [0.2, 0.25) is 0 Å². The van der Waals surface area contributed by atoms with Gasteiger partial charge in [0.15, 0.2) is 0 Å². The third kappa shape index (κ3) is 3.10. The molecule has 0 spiro atoms. The maximum absolute atomic E-state index is 12.6. The summed E-state index contributed by atoms with van der Waals surface area (Å²) in [5.41, 5.74) is 2.01. The van der Waals surface area contributed by atoms with E-state index in [4.69, 9.17) is 0 Å². The lowest BCUT2D eigenvalue weighted by atomic mass is 10.1. The number of hydrogen-bond acceptors (Lipinski definition) is 2. The summed E-state index contributed by atoms with van der Waals surface area (Å²) in [7, 11) is 0. The predicted octanol–water partition coefficient (Wildman–Crippen LogP) is 3.90. The number of thiophene rings is 1. The van der Waals surface area contributed by atoms with Gasteiger partial charge in [-0.1, -0.05) is 23.8 Å². The molecule has 3 heteroatoms. The van der Waals surface area contributed by atoms with Crippen LogP contribution in [-0.2, 0) is 6.42 Å². The van der Waals surface area contributed by atoms with Crippen LogP contribution in [0.15, 0.2) is 41.8 Å². The van der Waals surface area contributed by atoms with Crippen LogP contribution in [0.3, 0.4) is 0 Å². The number of aryl methyl sites for hydroxylation is 1. The molecule has 0 unspecified atom stereocenters. The van der Waals surface area contributed by atoms with Crippen LogP contribution in [0.2, 0.25) is 0 Å². The van der Waals surface area contributed by atoms with Crippen molar-refractivity contribution in [2.45, 2.75) is 32.2 Å². The molecular weight excluding hydrogens is 266 g/mol. The summed E-state index contributed by atoms with van der Waals surface area (Å²) >= 11 is 1.77. The third-order valence-electron chi connectivity index (χ3n) is 3.73. The van der Waals surface area contributed by atoms with Crippen LogP contribution >= 0.6 is 11.3 Å². The van der Waals surface area contributed by atoms with Crippen LogP contribution in [0.1, 0.15) is 33.6 Å². The van der Waals surface area contributed by atoms with E-state index in [1.807, 2.05) is 31.2 Å². The Morgan fingerprint density at radius 3 is 2.60 bits per heavy atom. The molecule has 1 aliphatic carbocycles. The van der Waals surface area contributed by atoms with E-state index in [1.54, 1.807) is 11.3 Å². The van der Waals surface area contributed by atoms with Crippen molar-refractivity contribution in [2.24, 2.45) is 0 Å². The van der Waals surface area contributed by atoms with Crippen molar-refractivity contribution in [3.05, 3.63) is 57.8 Å². The summed E-state index contributed by atoms with van der Waals surface area (Å²) in [6.45, 7) is 2.88. The summed E-state index contributed by atoms with van der Waals surface area (Å²) in [6.07, 6.45) is 3.27. The fourth-order valence-electron chi connectivity index (χ4n) is 2.38. The fourth-order valence-corrected chi connectivity index (χ4v) is 3.08. The molecule has 3 rings (SSSR count). The molecule has 0 radical (unpaired) electrons. The highest BCUT2D eigenvalue weighted by Gasteiger charge is 2.32. The maximum atomic E-state index is 12.6.